The second kappa shape index (κ2) is 5.38. The van der Waals surface area contributed by atoms with Gasteiger partial charge >= 0.3 is 0 Å². The third-order valence-electron chi connectivity index (χ3n) is 4.46. The maximum Gasteiger partial charge on any atom is 0.226 e. The number of hydrogen-bond acceptors (Lipinski definition) is 2. The van der Waals surface area contributed by atoms with Gasteiger partial charge in [0, 0.05) is 6.04 Å². The lowest BCUT2D eigenvalue weighted by Crippen LogP contribution is -2.50. The van der Waals surface area contributed by atoms with Crippen LogP contribution >= 0.6 is 0 Å². The van der Waals surface area contributed by atoms with Crippen LogP contribution in [0.1, 0.15) is 52.4 Å². The molecule has 0 aromatic heterocycles. The summed E-state index contributed by atoms with van der Waals surface area (Å²) in [5, 5.41) is 6.63. The molecule has 1 atom stereocenters. The van der Waals surface area contributed by atoms with Gasteiger partial charge in [-0.25, -0.2) is 0 Å². The minimum atomic E-state index is -0.0802. The molecule has 0 radical (unpaired) electrons. The third-order valence-corrected chi connectivity index (χ3v) is 4.46. The van der Waals surface area contributed by atoms with Crippen molar-refractivity contribution in [2.75, 3.05) is 13.1 Å². The van der Waals surface area contributed by atoms with E-state index in [1.165, 1.54) is 12.8 Å². The predicted octanol–water partition coefficient (Wildman–Crippen LogP) is 2.07. The van der Waals surface area contributed by atoms with E-state index in [0.29, 0.717) is 11.9 Å². The van der Waals surface area contributed by atoms with Gasteiger partial charge in [0.15, 0.2) is 0 Å². The van der Waals surface area contributed by atoms with Crippen molar-refractivity contribution in [3.63, 3.8) is 0 Å². The molecule has 2 aliphatic rings. The van der Waals surface area contributed by atoms with Crippen LogP contribution in [0.4, 0.5) is 0 Å². The fraction of sp³-hybridized carbons (Fsp3) is 0.929. The largest absolute Gasteiger partial charge is 0.353 e. The molecule has 0 aromatic rings. The monoisotopic (exact) mass is 238 g/mol. The molecule has 3 nitrogen and oxygen atoms in total. The summed E-state index contributed by atoms with van der Waals surface area (Å²) in [6, 6.07) is 0.381. The zero-order valence-corrected chi connectivity index (χ0v) is 11.2. The maximum atomic E-state index is 12.5. The number of rotatable bonds is 5. The SMILES string of the molecule is CCCC1(C(=O)NC(C)C2CC2)CCNCC1. The Bertz CT molecular complexity index is 262. The van der Waals surface area contributed by atoms with Crippen molar-refractivity contribution >= 4 is 5.91 Å². The highest BCUT2D eigenvalue weighted by molar-refractivity contribution is 5.83. The zero-order chi connectivity index (χ0) is 12.3. The molecule has 0 spiro atoms. The van der Waals surface area contributed by atoms with E-state index in [2.05, 4.69) is 24.5 Å². The Morgan fingerprint density at radius 3 is 2.59 bits per heavy atom. The quantitative estimate of drug-likeness (QED) is 0.770. The summed E-state index contributed by atoms with van der Waals surface area (Å²) in [6.07, 6.45) is 6.74. The van der Waals surface area contributed by atoms with Crippen molar-refractivity contribution in [1.29, 1.82) is 0 Å². The average molecular weight is 238 g/mol. The first kappa shape index (κ1) is 12.9. The third kappa shape index (κ3) is 3.01. The van der Waals surface area contributed by atoms with Crippen LogP contribution in [0, 0.1) is 11.3 Å². The lowest BCUT2D eigenvalue weighted by atomic mass is 9.74. The summed E-state index contributed by atoms with van der Waals surface area (Å²) in [7, 11) is 0. The van der Waals surface area contributed by atoms with Gasteiger partial charge in [0.1, 0.15) is 0 Å². The van der Waals surface area contributed by atoms with Gasteiger partial charge in [0.05, 0.1) is 5.41 Å². The number of carbonyl (C=O) groups is 1. The van der Waals surface area contributed by atoms with Crippen molar-refractivity contribution in [2.45, 2.75) is 58.4 Å². The molecule has 17 heavy (non-hydrogen) atoms. The molecule has 3 heteroatoms. The summed E-state index contributed by atoms with van der Waals surface area (Å²) in [4.78, 5) is 12.5. The molecule has 1 saturated heterocycles. The van der Waals surface area contributed by atoms with E-state index in [0.717, 1.165) is 44.7 Å². The normalized spacial score (nSPS) is 25.3. The number of amides is 1. The van der Waals surface area contributed by atoms with E-state index in [-0.39, 0.29) is 5.41 Å². The molecule has 98 valence electrons. The van der Waals surface area contributed by atoms with Crippen LogP contribution in [0.25, 0.3) is 0 Å². The van der Waals surface area contributed by atoms with E-state index in [9.17, 15) is 4.79 Å². The van der Waals surface area contributed by atoms with Crippen molar-refractivity contribution in [3.8, 4) is 0 Å². The van der Waals surface area contributed by atoms with E-state index < -0.39 is 0 Å². The smallest absolute Gasteiger partial charge is 0.226 e. The minimum Gasteiger partial charge on any atom is -0.353 e. The summed E-state index contributed by atoms with van der Waals surface area (Å²) < 4.78 is 0. The van der Waals surface area contributed by atoms with Crippen LogP contribution in [0.3, 0.4) is 0 Å². The number of piperidine rings is 1. The molecule has 0 bridgehead atoms. The van der Waals surface area contributed by atoms with Gasteiger partial charge in [-0.05, 0) is 58.0 Å². The Morgan fingerprint density at radius 2 is 2.06 bits per heavy atom. The Hall–Kier alpha value is -0.570. The lowest BCUT2D eigenvalue weighted by molar-refractivity contribution is -0.134. The summed E-state index contributed by atoms with van der Waals surface area (Å²) >= 11 is 0. The first-order valence-corrected chi connectivity index (χ1v) is 7.19. The van der Waals surface area contributed by atoms with Crippen LogP contribution in [-0.2, 0) is 4.79 Å². The topological polar surface area (TPSA) is 41.1 Å². The molecular formula is C14H26N2O. The van der Waals surface area contributed by atoms with Crippen LogP contribution in [0.15, 0.2) is 0 Å². The van der Waals surface area contributed by atoms with Crippen LogP contribution in [0.5, 0.6) is 0 Å². The standard InChI is InChI=1S/C14H26N2O/c1-3-6-14(7-9-15-10-8-14)13(17)16-11(2)12-4-5-12/h11-12,15H,3-10H2,1-2H3,(H,16,17). The highest BCUT2D eigenvalue weighted by Gasteiger charge is 2.40. The van der Waals surface area contributed by atoms with E-state index in [4.69, 9.17) is 0 Å². The maximum absolute atomic E-state index is 12.5. The predicted molar refractivity (Wildman–Crippen MR) is 69.8 cm³/mol. The highest BCUT2D eigenvalue weighted by atomic mass is 16.2. The van der Waals surface area contributed by atoms with Crippen LogP contribution in [0.2, 0.25) is 0 Å². The summed E-state index contributed by atoms with van der Waals surface area (Å²) in [5.74, 6) is 1.07. The van der Waals surface area contributed by atoms with Gasteiger partial charge < -0.3 is 10.6 Å². The molecule has 2 rings (SSSR count). The second-order valence-electron chi connectivity index (χ2n) is 5.88. The summed E-state index contributed by atoms with van der Waals surface area (Å²) in [6.45, 7) is 6.33. The molecule has 1 unspecified atom stereocenters. The van der Waals surface area contributed by atoms with E-state index in [1.807, 2.05) is 0 Å². The molecule has 2 N–H and O–H groups in total. The van der Waals surface area contributed by atoms with E-state index in [1.54, 1.807) is 0 Å². The average Bonchev–Trinajstić information content (AvgIpc) is 3.14. The molecule has 1 heterocycles. The Balaban J connectivity index is 1.95. The summed E-state index contributed by atoms with van der Waals surface area (Å²) in [5.41, 5.74) is -0.0802. The lowest BCUT2D eigenvalue weighted by Gasteiger charge is -2.37. The Labute approximate surface area is 105 Å². The molecule has 1 amide bonds. The molecule has 1 aliphatic heterocycles. The first-order valence-electron chi connectivity index (χ1n) is 7.19. The number of hydrogen-bond donors (Lipinski definition) is 2. The van der Waals surface area contributed by atoms with Gasteiger partial charge in [-0.15, -0.1) is 0 Å². The van der Waals surface area contributed by atoms with Gasteiger partial charge in [-0.3, -0.25) is 4.79 Å². The van der Waals surface area contributed by atoms with Gasteiger partial charge in [0.25, 0.3) is 0 Å². The fourth-order valence-corrected chi connectivity index (χ4v) is 3.05. The Morgan fingerprint density at radius 1 is 1.41 bits per heavy atom. The van der Waals surface area contributed by atoms with Crippen LogP contribution < -0.4 is 10.6 Å². The minimum absolute atomic E-state index is 0.0802. The first-order chi connectivity index (χ1) is 8.18. The van der Waals surface area contributed by atoms with Crippen molar-refractivity contribution in [1.82, 2.24) is 10.6 Å². The zero-order valence-electron chi connectivity index (χ0n) is 11.2. The molecule has 0 aromatic carbocycles. The fourth-order valence-electron chi connectivity index (χ4n) is 3.05. The molecule has 1 aliphatic carbocycles. The highest BCUT2D eigenvalue weighted by Crippen LogP contribution is 2.36. The molecule has 1 saturated carbocycles. The van der Waals surface area contributed by atoms with Gasteiger partial charge in [-0.1, -0.05) is 13.3 Å². The molecule has 2 fully saturated rings. The van der Waals surface area contributed by atoms with Crippen molar-refractivity contribution < 1.29 is 4.79 Å². The molecular weight excluding hydrogens is 212 g/mol. The van der Waals surface area contributed by atoms with Gasteiger partial charge in [-0.2, -0.15) is 0 Å². The van der Waals surface area contributed by atoms with Crippen molar-refractivity contribution in [3.05, 3.63) is 0 Å². The second-order valence-corrected chi connectivity index (χ2v) is 5.88. The number of nitrogens with one attached hydrogen (secondary N) is 2. The Kier molecular flexibility index (Phi) is 4.08. The number of carbonyl (C=O) groups excluding carboxylic acids is 1. The van der Waals surface area contributed by atoms with Crippen LogP contribution in [-0.4, -0.2) is 25.0 Å². The van der Waals surface area contributed by atoms with Gasteiger partial charge in [0.2, 0.25) is 5.91 Å². The van der Waals surface area contributed by atoms with E-state index >= 15 is 0 Å². The van der Waals surface area contributed by atoms with Crippen molar-refractivity contribution in [2.24, 2.45) is 11.3 Å².